The molecule has 0 saturated carbocycles. The molecule has 0 spiro atoms. The highest BCUT2D eigenvalue weighted by Crippen LogP contribution is 2.04. The summed E-state index contributed by atoms with van der Waals surface area (Å²) in [5.74, 6) is 1.35. The van der Waals surface area contributed by atoms with Crippen molar-refractivity contribution in [1.29, 1.82) is 0 Å². The average Bonchev–Trinajstić information content (AvgIpc) is 2.15. The van der Waals surface area contributed by atoms with E-state index in [-0.39, 0.29) is 24.7 Å². The van der Waals surface area contributed by atoms with Gasteiger partial charge in [-0.2, -0.15) is 11.8 Å². The Hall–Kier alpha value is -0.420. The van der Waals surface area contributed by atoms with Crippen molar-refractivity contribution in [3.8, 4) is 0 Å². The summed E-state index contributed by atoms with van der Waals surface area (Å²) in [7, 11) is 0. The molecule has 0 radical (unpaired) electrons. The summed E-state index contributed by atoms with van der Waals surface area (Å²) < 4.78 is 0. The van der Waals surface area contributed by atoms with Gasteiger partial charge in [-0.1, -0.05) is 13.8 Å². The van der Waals surface area contributed by atoms with Crippen molar-refractivity contribution < 1.29 is 9.90 Å². The molecule has 0 rings (SSSR count). The van der Waals surface area contributed by atoms with Crippen molar-refractivity contribution in [3.63, 3.8) is 0 Å². The number of aliphatic hydroxyl groups excluding tert-OH is 1. The Morgan fingerprint density at radius 1 is 1.31 bits per heavy atom. The molecule has 0 fully saturated rings. The summed E-state index contributed by atoms with van der Waals surface area (Å²) in [5.41, 5.74) is 0. The van der Waals surface area contributed by atoms with Gasteiger partial charge < -0.3 is 15.7 Å². The van der Waals surface area contributed by atoms with Crippen LogP contribution in [0, 0.1) is 5.92 Å². The maximum Gasteiger partial charge on any atom is 0.315 e. The number of amides is 2. The first-order valence-corrected chi connectivity index (χ1v) is 7.05. The predicted molar refractivity (Wildman–Crippen MR) is 69.8 cm³/mol. The minimum atomic E-state index is -0.193. The van der Waals surface area contributed by atoms with Gasteiger partial charge in [-0.05, 0) is 25.5 Å². The number of urea groups is 1. The van der Waals surface area contributed by atoms with E-state index in [9.17, 15) is 4.79 Å². The van der Waals surface area contributed by atoms with Crippen molar-refractivity contribution in [2.45, 2.75) is 39.3 Å². The Balaban J connectivity index is 3.91. The molecular weight excluding hydrogens is 224 g/mol. The van der Waals surface area contributed by atoms with E-state index in [2.05, 4.69) is 24.5 Å². The van der Waals surface area contributed by atoms with Crippen LogP contribution in [-0.2, 0) is 0 Å². The number of thioether (sulfide) groups is 1. The third-order valence-corrected chi connectivity index (χ3v) is 2.94. The van der Waals surface area contributed by atoms with Crippen molar-refractivity contribution in [3.05, 3.63) is 0 Å². The van der Waals surface area contributed by atoms with Crippen LogP contribution >= 0.6 is 11.8 Å². The lowest BCUT2D eigenvalue weighted by molar-refractivity contribution is 0.205. The van der Waals surface area contributed by atoms with Crippen LogP contribution < -0.4 is 10.6 Å². The highest BCUT2D eigenvalue weighted by Gasteiger charge is 2.13. The van der Waals surface area contributed by atoms with E-state index >= 15 is 0 Å². The molecule has 0 aliphatic carbocycles. The van der Waals surface area contributed by atoms with Crippen LogP contribution in [0.25, 0.3) is 0 Å². The highest BCUT2D eigenvalue weighted by atomic mass is 32.2. The van der Waals surface area contributed by atoms with E-state index < -0.39 is 0 Å². The lowest BCUT2D eigenvalue weighted by Crippen LogP contribution is -2.47. The van der Waals surface area contributed by atoms with Crippen LogP contribution in [0.5, 0.6) is 0 Å². The van der Waals surface area contributed by atoms with Gasteiger partial charge in [-0.25, -0.2) is 4.79 Å². The van der Waals surface area contributed by atoms with Gasteiger partial charge in [0.05, 0.1) is 12.6 Å². The molecule has 2 amide bonds. The largest absolute Gasteiger partial charge is 0.394 e. The number of hydrogen-bond donors (Lipinski definition) is 3. The topological polar surface area (TPSA) is 61.4 Å². The Morgan fingerprint density at radius 2 is 1.94 bits per heavy atom. The van der Waals surface area contributed by atoms with Gasteiger partial charge in [0.1, 0.15) is 0 Å². The van der Waals surface area contributed by atoms with Crippen LogP contribution in [0.4, 0.5) is 4.79 Å². The minimum absolute atomic E-state index is 0.0114. The zero-order valence-electron chi connectivity index (χ0n) is 10.6. The molecule has 0 unspecified atom stereocenters. The number of carbonyl (C=O) groups is 1. The normalized spacial score (nSPS) is 14.6. The third kappa shape index (κ3) is 7.82. The Kier molecular flexibility index (Phi) is 8.47. The van der Waals surface area contributed by atoms with Gasteiger partial charge in [0.25, 0.3) is 0 Å². The molecule has 5 heteroatoms. The number of aliphatic hydroxyl groups is 1. The second kappa shape index (κ2) is 8.70. The fraction of sp³-hybridized carbons (Fsp3) is 0.909. The van der Waals surface area contributed by atoms with E-state index in [1.807, 2.05) is 13.2 Å². The third-order valence-electron chi connectivity index (χ3n) is 2.11. The van der Waals surface area contributed by atoms with Gasteiger partial charge in [0.15, 0.2) is 0 Å². The van der Waals surface area contributed by atoms with Crippen LogP contribution in [0.2, 0.25) is 0 Å². The first kappa shape index (κ1) is 15.6. The van der Waals surface area contributed by atoms with Gasteiger partial charge in [-0.3, -0.25) is 0 Å². The molecule has 0 aromatic rings. The molecule has 2 atom stereocenters. The number of nitrogens with one attached hydrogen (secondary N) is 2. The lowest BCUT2D eigenvalue weighted by atomic mass is 10.0. The maximum absolute atomic E-state index is 11.5. The number of hydrogen-bond acceptors (Lipinski definition) is 3. The van der Waals surface area contributed by atoms with Crippen LogP contribution in [-0.4, -0.2) is 41.8 Å². The second-order valence-electron chi connectivity index (χ2n) is 4.48. The predicted octanol–water partition coefficient (Wildman–Crippen LogP) is 1.44. The zero-order valence-corrected chi connectivity index (χ0v) is 11.4. The second-order valence-corrected chi connectivity index (χ2v) is 5.39. The Bertz CT molecular complexity index is 200. The maximum atomic E-state index is 11.5. The molecule has 3 N–H and O–H groups in total. The summed E-state index contributed by atoms with van der Waals surface area (Å²) in [4.78, 5) is 11.5. The van der Waals surface area contributed by atoms with Crippen LogP contribution in [0.3, 0.4) is 0 Å². The van der Waals surface area contributed by atoms with Gasteiger partial charge in [0, 0.05) is 11.8 Å². The molecule has 96 valence electrons. The smallest absolute Gasteiger partial charge is 0.315 e. The average molecular weight is 248 g/mol. The first-order chi connectivity index (χ1) is 7.49. The van der Waals surface area contributed by atoms with Gasteiger partial charge in [-0.15, -0.1) is 0 Å². The van der Waals surface area contributed by atoms with Crippen LogP contribution in [0.15, 0.2) is 0 Å². The fourth-order valence-electron chi connectivity index (χ4n) is 1.49. The molecule has 0 aromatic heterocycles. The molecule has 0 aromatic carbocycles. The van der Waals surface area contributed by atoms with E-state index in [0.29, 0.717) is 5.92 Å². The number of rotatable bonds is 7. The SMILES string of the molecule is CSC[C@H](C)NC(=O)N[C@@H](CO)CC(C)C. The molecule has 4 nitrogen and oxygen atoms in total. The van der Waals surface area contributed by atoms with E-state index in [4.69, 9.17) is 5.11 Å². The number of carbonyl (C=O) groups excluding carboxylic acids is 1. The van der Waals surface area contributed by atoms with E-state index in [0.717, 1.165) is 12.2 Å². The fourth-order valence-corrected chi connectivity index (χ4v) is 2.07. The molecule has 0 heterocycles. The summed E-state index contributed by atoms with van der Waals surface area (Å²) in [6.45, 7) is 6.09. The summed E-state index contributed by atoms with van der Waals surface area (Å²) >= 11 is 1.70. The molecule has 0 saturated heterocycles. The molecular formula is C11H24N2O2S. The Morgan fingerprint density at radius 3 is 2.38 bits per heavy atom. The summed E-state index contributed by atoms with van der Waals surface area (Å²) in [5, 5.41) is 14.7. The molecule has 0 bridgehead atoms. The monoisotopic (exact) mass is 248 g/mol. The standard InChI is InChI=1S/C11H24N2O2S/c1-8(2)5-10(6-14)13-11(15)12-9(3)7-16-4/h8-10,14H,5-7H2,1-4H3,(H2,12,13,15)/t9-,10+/m0/s1. The molecule has 16 heavy (non-hydrogen) atoms. The lowest BCUT2D eigenvalue weighted by Gasteiger charge is -2.20. The van der Waals surface area contributed by atoms with Crippen molar-refractivity contribution >= 4 is 17.8 Å². The van der Waals surface area contributed by atoms with E-state index in [1.165, 1.54) is 0 Å². The quantitative estimate of drug-likeness (QED) is 0.639. The summed E-state index contributed by atoms with van der Waals surface area (Å²) in [6.07, 6.45) is 2.80. The molecule has 0 aliphatic heterocycles. The summed E-state index contributed by atoms with van der Waals surface area (Å²) in [6, 6.07) is -0.198. The van der Waals surface area contributed by atoms with Crippen molar-refractivity contribution in [2.75, 3.05) is 18.6 Å². The minimum Gasteiger partial charge on any atom is -0.394 e. The van der Waals surface area contributed by atoms with Crippen molar-refractivity contribution in [1.82, 2.24) is 10.6 Å². The zero-order chi connectivity index (χ0) is 12.6. The molecule has 0 aliphatic rings. The first-order valence-electron chi connectivity index (χ1n) is 5.66. The Labute approximate surface area is 103 Å². The van der Waals surface area contributed by atoms with Gasteiger partial charge >= 0.3 is 6.03 Å². The van der Waals surface area contributed by atoms with E-state index in [1.54, 1.807) is 11.8 Å². The van der Waals surface area contributed by atoms with Crippen molar-refractivity contribution in [2.24, 2.45) is 5.92 Å². The van der Waals surface area contributed by atoms with Crippen LogP contribution in [0.1, 0.15) is 27.2 Å². The highest BCUT2D eigenvalue weighted by molar-refractivity contribution is 7.98. The van der Waals surface area contributed by atoms with Gasteiger partial charge in [0.2, 0.25) is 0 Å².